The Hall–Kier alpha value is -3.00. The second kappa shape index (κ2) is 7.85. The van der Waals surface area contributed by atoms with Crippen LogP contribution >= 0.6 is 0 Å². The first-order chi connectivity index (χ1) is 15.7. The molecule has 0 aliphatic heterocycles. The Kier molecular flexibility index (Phi) is 4.82. The van der Waals surface area contributed by atoms with Crippen molar-refractivity contribution in [3.63, 3.8) is 0 Å². The van der Waals surface area contributed by atoms with E-state index in [2.05, 4.69) is 36.4 Å². The fraction of sp³-hybridized carbons (Fsp3) is 0.333. The van der Waals surface area contributed by atoms with Gasteiger partial charge in [-0.3, -0.25) is 0 Å². The first-order valence-electron chi connectivity index (χ1n) is 12.2. The minimum absolute atomic E-state index is 0.277. The van der Waals surface area contributed by atoms with Crippen LogP contribution < -0.4 is 0 Å². The first kappa shape index (κ1) is 19.7. The van der Waals surface area contributed by atoms with Crippen LogP contribution in [-0.4, -0.2) is 10.2 Å². The van der Waals surface area contributed by atoms with Crippen LogP contribution in [0.2, 0.25) is 0 Å². The molecular weight excluding hydrogens is 392 g/mol. The molecule has 0 heterocycles. The molecule has 2 N–H and O–H groups in total. The van der Waals surface area contributed by atoms with E-state index in [0.717, 1.165) is 21.9 Å². The molecule has 4 aromatic rings. The van der Waals surface area contributed by atoms with Gasteiger partial charge in [0.1, 0.15) is 11.5 Å². The van der Waals surface area contributed by atoms with Crippen LogP contribution in [0.15, 0.2) is 60.7 Å². The van der Waals surface area contributed by atoms with Gasteiger partial charge in [-0.2, -0.15) is 0 Å². The summed E-state index contributed by atoms with van der Waals surface area (Å²) in [6.45, 7) is 0. The third kappa shape index (κ3) is 3.08. The van der Waals surface area contributed by atoms with Gasteiger partial charge in [-0.25, -0.2) is 0 Å². The van der Waals surface area contributed by atoms with Crippen molar-refractivity contribution in [2.45, 2.75) is 63.2 Å². The van der Waals surface area contributed by atoms with Crippen LogP contribution in [0.5, 0.6) is 11.5 Å². The molecular formula is C30H30O2. The number of phenolic OH excluding ortho intramolecular Hbond substituents is 2. The highest BCUT2D eigenvalue weighted by atomic mass is 16.3. The molecule has 0 bridgehead atoms. The minimum Gasteiger partial charge on any atom is -0.507 e. The molecule has 2 saturated carbocycles. The monoisotopic (exact) mass is 422 g/mol. The Bertz CT molecular complexity index is 1200. The Morgan fingerprint density at radius 1 is 0.500 bits per heavy atom. The van der Waals surface area contributed by atoms with E-state index in [1.54, 1.807) is 0 Å². The summed E-state index contributed by atoms with van der Waals surface area (Å²) in [5, 5.41) is 27.2. The quantitative estimate of drug-likeness (QED) is 0.348. The Morgan fingerprint density at radius 2 is 0.844 bits per heavy atom. The molecule has 6 rings (SSSR count). The summed E-state index contributed by atoms with van der Waals surface area (Å²) >= 11 is 0. The van der Waals surface area contributed by atoms with Crippen LogP contribution in [0, 0.1) is 0 Å². The summed E-state index contributed by atoms with van der Waals surface area (Å²) in [5.41, 5.74) is 4.03. The third-order valence-corrected chi connectivity index (χ3v) is 7.95. The summed E-state index contributed by atoms with van der Waals surface area (Å²) in [4.78, 5) is 0. The molecule has 2 aliphatic carbocycles. The number of rotatable bonds is 3. The molecule has 0 radical (unpaired) electrons. The standard InChI is InChI=1S/C30H30O2/c31-27-17-25(19-9-1-2-10-19)21-13-5-7-15-23(21)29(27)30-24-16-8-6-14-22(24)26(18-28(30)32)20-11-3-4-12-20/h5-8,13-20,31-32H,1-4,9-12H2. The van der Waals surface area contributed by atoms with E-state index in [-0.39, 0.29) is 11.5 Å². The zero-order chi connectivity index (χ0) is 21.7. The molecule has 0 unspecified atom stereocenters. The Morgan fingerprint density at radius 3 is 1.22 bits per heavy atom. The normalized spacial score (nSPS) is 17.6. The topological polar surface area (TPSA) is 40.5 Å². The molecule has 4 aromatic carbocycles. The molecule has 0 aromatic heterocycles. The maximum atomic E-state index is 11.4. The lowest BCUT2D eigenvalue weighted by molar-refractivity contribution is 0.468. The van der Waals surface area contributed by atoms with Crippen molar-refractivity contribution in [3.8, 4) is 22.6 Å². The van der Waals surface area contributed by atoms with E-state index in [0.29, 0.717) is 11.8 Å². The van der Waals surface area contributed by atoms with Crippen LogP contribution in [0.1, 0.15) is 74.3 Å². The van der Waals surface area contributed by atoms with Gasteiger partial charge in [0.15, 0.2) is 0 Å². The largest absolute Gasteiger partial charge is 0.507 e. The van der Waals surface area contributed by atoms with Crippen molar-refractivity contribution in [2.75, 3.05) is 0 Å². The lowest BCUT2D eigenvalue weighted by Gasteiger charge is -2.21. The number of fused-ring (bicyclic) bond motifs is 2. The summed E-state index contributed by atoms with van der Waals surface area (Å²) in [5.74, 6) is 1.57. The second-order valence-electron chi connectivity index (χ2n) is 9.77. The van der Waals surface area contributed by atoms with Gasteiger partial charge in [-0.15, -0.1) is 0 Å². The van der Waals surface area contributed by atoms with Crippen molar-refractivity contribution in [3.05, 3.63) is 71.8 Å². The third-order valence-electron chi connectivity index (χ3n) is 7.95. The zero-order valence-electron chi connectivity index (χ0n) is 18.5. The molecule has 0 spiro atoms. The van der Waals surface area contributed by atoms with Crippen molar-refractivity contribution < 1.29 is 10.2 Å². The molecule has 2 aliphatic rings. The smallest absolute Gasteiger partial charge is 0.124 e. The van der Waals surface area contributed by atoms with Crippen molar-refractivity contribution in [2.24, 2.45) is 0 Å². The molecule has 0 saturated heterocycles. The maximum absolute atomic E-state index is 11.4. The second-order valence-corrected chi connectivity index (χ2v) is 9.77. The predicted octanol–water partition coefficient (Wildman–Crippen LogP) is 8.39. The number of aromatic hydroxyl groups is 2. The van der Waals surface area contributed by atoms with Gasteiger partial charge >= 0.3 is 0 Å². The van der Waals surface area contributed by atoms with Crippen LogP contribution in [0.25, 0.3) is 32.7 Å². The zero-order valence-corrected chi connectivity index (χ0v) is 18.5. The first-order valence-corrected chi connectivity index (χ1v) is 12.2. The molecule has 2 heteroatoms. The molecule has 0 amide bonds. The number of benzene rings is 4. The molecule has 162 valence electrons. The average Bonchev–Trinajstić information content (AvgIpc) is 3.54. The average molecular weight is 423 g/mol. The van der Waals surface area contributed by atoms with Gasteiger partial charge < -0.3 is 10.2 Å². The van der Waals surface area contributed by atoms with Crippen LogP contribution in [0.4, 0.5) is 0 Å². The number of hydrogen-bond acceptors (Lipinski definition) is 2. The van der Waals surface area contributed by atoms with Gasteiger partial charge in [0.05, 0.1) is 0 Å². The molecule has 2 fully saturated rings. The van der Waals surface area contributed by atoms with Crippen LogP contribution in [-0.2, 0) is 0 Å². The molecule has 0 atom stereocenters. The highest BCUT2D eigenvalue weighted by molar-refractivity contribution is 6.11. The summed E-state index contributed by atoms with van der Waals surface area (Å²) in [7, 11) is 0. The van der Waals surface area contributed by atoms with Crippen molar-refractivity contribution >= 4 is 21.5 Å². The van der Waals surface area contributed by atoms with Gasteiger partial charge in [-0.1, -0.05) is 74.2 Å². The van der Waals surface area contributed by atoms with E-state index in [1.165, 1.54) is 73.3 Å². The summed E-state index contributed by atoms with van der Waals surface area (Å²) in [6.07, 6.45) is 9.79. The lowest BCUT2D eigenvalue weighted by atomic mass is 9.84. The minimum atomic E-state index is 0.277. The lowest BCUT2D eigenvalue weighted by Crippen LogP contribution is -1.98. The van der Waals surface area contributed by atoms with Gasteiger partial charge in [0.25, 0.3) is 0 Å². The van der Waals surface area contributed by atoms with Gasteiger partial charge in [0, 0.05) is 11.1 Å². The van der Waals surface area contributed by atoms with Crippen molar-refractivity contribution in [1.82, 2.24) is 0 Å². The van der Waals surface area contributed by atoms with Crippen LogP contribution in [0.3, 0.4) is 0 Å². The highest BCUT2D eigenvalue weighted by Gasteiger charge is 2.26. The highest BCUT2D eigenvalue weighted by Crippen LogP contribution is 2.50. The van der Waals surface area contributed by atoms with Gasteiger partial charge in [0.2, 0.25) is 0 Å². The Balaban J connectivity index is 1.64. The van der Waals surface area contributed by atoms with E-state index in [9.17, 15) is 10.2 Å². The predicted molar refractivity (Wildman–Crippen MR) is 133 cm³/mol. The van der Waals surface area contributed by atoms with Gasteiger partial charge in [-0.05, 0) is 82.3 Å². The number of phenols is 2. The summed E-state index contributed by atoms with van der Waals surface area (Å²) < 4.78 is 0. The van der Waals surface area contributed by atoms with E-state index in [1.807, 2.05) is 24.3 Å². The van der Waals surface area contributed by atoms with E-state index in [4.69, 9.17) is 0 Å². The SMILES string of the molecule is Oc1cc(C2CCCC2)c2ccccc2c1-c1c(O)cc(C2CCCC2)c2ccccc12. The maximum Gasteiger partial charge on any atom is 0.124 e. The van der Waals surface area contributed by atoms with Crippen molar-refractivity contribution in [1.29, 1.82) is 0 Å². The molecule has 2 nitrogen and oxygen atoms in total. The number of hydrogen-bond donors (Lipinski definition) is 2. The van der Waals surface area contributed by atoms with E-state index >= 15 is 0 Å². The summed E-state index contributed by atoms with van der Waals surface area (Å²) in [6, 6.07) is 20.8. The fourth-order valence-electron chi connectivity index (χ4n) is 6.45. The fourth-order valence-corrected chi connectivity index (χ4v) is 6.45. The van der Waals surface area contributed by atoms with E-state index < -0.39 is 0 Å². The Labute approximate surface area is 189 Å². The molecule has 32 heavy (non-hydrogen) atoms.